The number of hydrogen-bond acceptors (Lipinski definition) is 2. The minimum absolute atomic E-state index is 0.0769. The first-order valence-corrected chi connectivity index (χ1v) is 5.94. The van der Waals surface area contributed by atoms with Crippen LogP contribution in [0.3, 0.4) is 0 Å². The number of amides is 1. The van der Waals surface area contributed by atoms with Crippen molar-refractivity contribution in [1.29, 1.82) is 0 Å². The SMILES string of the molecule is O=C(Cc1c(F)cccc1F)NC(C(=O)O)C1CC1. The average Bonchev–Trinajstić information content (AvgIpc) is 3.15. The predicted octanol–water partition coefficient (Wildman–Crippen LogP) is 1.49. The topological polar surface area (TPSA) is 66.4 Å². The summed E-state index contributed by atoms with van der Waals surface area (Å²) in [6.45, 7) is 0. The molecule has 2 N–H and O–H groups in total. The minimum atomic E-state index is -1.12. The van der Waals surface area contributed by atoms with E-state index in [4.69, 9.17) is 5.11 Å². The molecule has 1 saturated carbocycles. The van der Waals surface area contributed by atoms with Gasteiger partial charge in [0.25, 0.3) is 0 Å². The van der Waals surface area contributed by atoms with Crippen LogP contribution in [0.4, 0.5) is 8.78 Å². The van der Waals surface area contributed by atoms with E-state index >= 15 is 0 Å². The maximum Gasteiger partial charge on any atom is 0.326 e. The summed E-state index contributed by atoms with van der Waals surface area (Å²) >= 11 is 0. The van der Waals surface area contributed by atoms with Gasteiger partial charge in [0, 0.05) is 5.56 Å². The van der Waals surface area contributed by atoms with E-state index in [1.807, 2.05) is 0 Å². The highest BCUT2D eigenvalue weighted by atomic mass is 19.1. The van der Waals surface area contributed by atoms with Gasteiger partial charge in [-0.15, -0.1) is 0 Å². The molecule has 1 aromatic carbocycles. The summed E-state index contributed by atoms with van der Waals surface area (Å²) in [5.41, 5.74) is -0.347. The van der Waals surface area contributed by atoms with Crippen molar-refractivity contribution >= 4 is 11.9 Å². The molecule has 0 heterocycles. The summed E-state index contributed by atoms with van der Waals surface area (Å²) < 4.78 is 26.7. The van der Waals surface area contributed by atoms with E-state index < -0.39 is 36.0 Å². The van der Waals surface area contributed by atoms with Gasteiger partial charge in [0.15, 0.2) is 0 Å². The molecule has 0 aromatic heterocycles. The Labute approximate surface area is 108 Å². The van der Waals surface area contributed by atoms with Crippen molar-refractivity contribution in [3.8, 4) is 0 Å². The van der Waals surface area contributed by atoms with E-state index in [-0.39, 0.29) is 11.5 Å². The first kappa shape index (κ1) is 13.5. The van der Waals surface area contributed by atoms with E-state index in [0.29, 0.717) is 0 Å². The quantitative estimate of drug-likeness (QED) is 0.851. The molecular weight excluding hydrogens is 256 g/mol. The summed E-state index contributed by atoms with van der Waals surface area (Å²) in [7, 11) is 0. The highest BCUT2D eigenvalue weighted by Gasteiger charge is 2.37. The van der Waals surface area contributed by atoms with Gasteiger partial charge in [-0.05, 0) is 30.9 Å². The molecule has 6 heteroatoms. The fraction of sp³-hybridized carbons (Fsp3) is 0.385. The van der Waals surface area contributed by atoms with E-state index in [1.165, 1.54) is 6.07 Å². The summed E-state index contributed by atoms with van der Waals surface area (Å²) in [6, 6.07) is 2.35. The van der Waals surface area contributed by atoms with Crippen molar-refractivity contribution in [3.63, 3.8) is 0 Å². The monoisotopic (exact) mass is 269 g/mol. The van der Waals surface area contributed by atoms with Crippen molar-refractivity contribution in [1.82, 2.24) is 5.32 Å². The number of halogens is 2. The maximum atomic E-state index is 13.3. The molecule has 0 radical (unpaired) electrons. The van der Waals surface area contributed by atoms with Gasteiger partial charge in [-0.2, -0.15) is 0 Å². The minimum Gasteiger partial charge on any atom is -0.480 e. The van der Waals surface area contributed by atoms with E-state index in [2.05, 4.69) is 5.32 Å². The summed E-state index contributed by atoms with van der Waals surface area (Å²) in [6.07, 6.45) is 0.978. The zero-order chi connectivity index (χ0) is 14.0. The molecule has 0 saturated heterocycles. The molecule has 1 unspecified atom stereocenters. The molecule has 102 valence electrons. The second-order valence-corrected chi connectivity index (χ2v) is 4.60. The lowest BCUT2D eigenvalue weighted by atomic mass is 10.1. The van der Waals surface area contributed by atoms with Gasteiger partial charge in [-0.1, -0.05) is 6.07 Å². The molecule has 1 atom stereocenters. The number of hydrogen-bond donors (Lipinski definition) is 2. The number of aliphatic carboxylic acids is 1. The van der Waals surface area contributed by atoms with Crippen LogP contribution in [0.25, 0.3) is 0 Å². The Morgan fingerprint density at radius 1 is 1.32 bits per heavy atom. The number of carboxylic acids is 1. The van der Waals surface area contributed by atoms with Gasteiger partial charge in [0.1, 0.15) is 17.7 Å². The van der Waals surface area contributed by atoms with Crippen LogP contribution in [0.2, 0.25) is 0 Å². The number of rotatable bonds is 5. The second kappa shape index (κ2) is 5.34. The summed E-state index contributed by atoms with van der Waals surface area (Å²) in [5.74, 6) is -3.51. The van der Waals surface area contributed by atoms with Gasteiger partial charge >= 0.3 is 5.97 Å². The third-order valence-electron chi connectivity index (χ3n) is 3.07. The molecule has 19 heavy (non-hydrogen) atoms. The Hall–Kier alpha value is -1.98. The normalized spacial score (nSPS) is 15.9. The predicted molar refractivity (Wildman–Crippen MR) is 62.4 cm³/mol. The molecule has 1 aromatic rings. The molecule has 1 fully saturated rings. The third kappa shape index (κ3) is 3.27. The molecule has 0 aliphatic heterocycles. The number of benzene rings is 1. The van der Waals surface area contributed by atoms with Gasteiger partial charge < -0.3 is 10.4 Å². The van der Waals surface area contributed by atoms with Crippen LogP contribution in [0.1, 0.15) is 18.4 Å². The average molecular weight is 269 g/mol. The zero-order valence-corrected chi connectivity index (χ0v) is 10.0. The fourth-order valence-electron chi connectivity index (χ4n) is 1.90. The van der Waals surface area contributed by atoms with Crippen LogP contribution >= 0.6 is 0 Å². The Balaban J connectivity index is 2.02. The molecule has 4 nitrogen and oxygen atoms in total. The highest BCUT2D eigenvalue weighted by molar-refractivity contribution is 5.85. The highest BCUT2D eigenvalue weighted by Crippen LogP contribution is 2.32. The smallest absolute Gasteiger partial charge is 0.326 e. The van der Waals surface area contributed by atoms with Crippen LogP contribution in [0, 0.1) is 17.6 Å². The molecule has 2 rings (SSSR count). The number of carbonyl (C=O) groups is 2. The van der Waals surface area contributed by atoms with Crippen LogP contribution < -0.4 is 5.32 Å². The van der Waals surface area contributed by atoms with E-state index in [1.54, 1.807) is 0 Å². The molecule has 0 bridgehead atoms. The number of carboxylic acid groups (broad SMARTS) is 1. The van der Waals surface area contributed by atoms with Gasteiger partial charge in [-0.3, -0.25) is 4.79 Å². The zero-order valence-electron chi connectivity index (χ0n) is 10.0. The first-order valence-electron chi connectivity index (χ1n) is 5.94. The number of carbonyl (C=O) groups excluding carboxylic acids is 1. The summed E-state index contributed by atoms with van der Waals surface area (Å²) in [4.78, 5) is 22.6. The maximum absolute atomic E-state index is 13.3. The molecule has 0 spiro atoms. The Kier molecular flexibility index (Phi) is 3.78. The summed E-state index contributed by atoms with van der Waals surface area (Å²) in [5, 5.41) is 11.3. The lowest BCUT2D eigenvalue weighted by Crippen LogP contribution is -2.43. The molecule has 1 aliphatic carbocycles. The van der Waals surface area contributed by atoms with Gasteiger partial charge in [0.05, 0.1) is 6.42 Å². The van der Waals surface area contributed by atoms with Crippen LogP contribution in [-0.2, 0) is 16.0 Å². The molecule has 1 aliphatic rings. The lowest BCUT2D eigenvalue weighted by Gasteiger charge is -2.13. The van der Waals surface area contributed by atoms with Crippen molar-refractivity contribution in [2.75, 3.05) is 0 Å². The third-order valence-corrected chi connectivity index (χ3v) is 3.07. The first-order chi connectivity index (χ1) is 8.99. The van der Waals surface area contributed by atoms with Crippen LogP contribution in [0.5, 0.6) is 0 Å². The molecular formula is C13H13F2NO3. The van der Waals surface area contributed by atoms with Crippen LogP contribution in [0.15, 0.2) is 18.2 Å². The van der Waals surface area contributed by atoms with Crippen molar-refractivity contribution in [2.45, 2.75) is 25.3 Å². The fourth-order valence-corrected chi connectivity index (χ4v) is 1.90. The number of nitrogens with one attached hydrogen (secondary N) is 1. The van der Waals surface area contributed by atoms with E-state index in [9.17, 15) is 18.4 Å². The van der Waals surface area contributed by atoms with Crippen LogP contribution in [-0.4, -0.2) is 23.0 Å². The Bertz CT molecular complexity index is 494. The standard InChI is InChI=1S/C13H13F2NO3/c14-9-2-1-3-10(15)8(9)6-11(17)16-12(13(18)19)7-4-5-7/h1-3,7,12H,4-6H2,(H,16,17)(H,18,19). The Morgan fingerprint density at radius 3 is 2.37 bits per heavy atom. The van der Waals surface area contributed by atoms with Gasteiger partial charge in [0.2, 0.25) is 5.91 Å². The lowest BCUT2D eigenvalue weighted by molar-refractivity contribution is -0.142. The second-order valence-electron chi connectivity index (χ2n) is 4.60. The van der Waals surface area contributed by atoms with Crippen molar-refractivity contribution < 1.29 is 23.5 Å². The van der Waals surface area contributed by atoms with E-state index in [0.717, 1.165) is 25.0 Å². The van der Waals surface area contributed by atoms with Crippen molar-refractivity contribution in [2.24, 2.45) is 5.92 Å². The van der Waals surface area contributed by atoms with Gasteiger partial charge in [-0.25, -0.2) is 13.6 Å². The Morgan fingerprint density at radius 2 is 1.89 bits per heavy atom. The molecule has 1 amide bonds. The van der Waals surface area contributed by atoms with Crippen molar-refractivity contribution in [3.05, 3.63) is 35.4 Å². The largest absolute Gasteiger partial charge is 0.480 e.